The van der Waals surface area contributed by atoms with Gasteiger partial charge in [-0.25, -0.2) is 4.98 Å². The molecule has 0 atom stereocenters. The van der Waals surface area contributed by atoms with Crippen LogP contribution in [0.2, 0.25) is 0 Å². The molecule has 0 fully saturated rings. The maximum Gasteiger partial charge on any atom is 0.207 e. The summed E-state index contributed by atoms with van der Waals surface area (Å²) in [5, 5.41) is 18.7. The lowest BCUT2D eigenvalue weighted by molar-refractivity contribution is 0.831. The molecule has 2 aromatic rings. The third-order valence-electron chi connectivity index (χ3n) is 1.45. The van der Waals surface area contributed by atoms with Crippen LogP contribution in [0, 0.1) is 13.8 Å². The Labute approximate surface area is 68.1 Å². The number of fused-ring (bicyclic) bond motifs is 1. The van der Waals surface area contributed by atoms with Crippen molar-refractivity contribution in [3.63, 3.8) is 0 Å². The van der Waals surface area contributed by atoms with Crippen molar-refractivity contribution in [2.45, 2.75) is 13.8 Å². The van der Waals surface area contributed by atoms with Crippen LogP contribution in [0.4, 0.5) is 0 Å². The van der Waals surface area contributed by atoms with Crippen molar-refractivity contribution in [1.82, 2.24) is 30.6 Å². The molecule has 0 aliphatic heterocycles. The molecular formula is C6H6N6. The van der Waals surface area contributed by atoms with Crippen LogP contribution in [0.25, 0.3) is 11.2 Å². The zero-order valence-electron chi connectivity index (χ0n) is 6.68. The highest BCUT2D eigenvalue weighted by Gasteiger charge is 2.03. The highest BCUT2D eigenvalue weighted by atomic mass is 15.3. The van der Waals surface area contributed by atoms with Crippen molar-refractivity contribution in [2.24, 2.45) is 0 Å². The molecule has 0 saturated heterocycles. The Bertz CT molecular complexity index is 425. The highest BCUT2D eigenvalue weighted by Crippen LogP contribution is 2.04. The third kappa shape index (κ3) is 0.969. The summed E-state index contributed by atoms with van der Waals surface area (Å²) in [4.78, 5) is 4.05. The second kappa shape index (κ2) is 2.40. The van der Waals surface area contributed by atoms with Gasteiger partial charge < -0.3 is 0 Å². The van der Waals surface area contributed by atoms with Gasteiger partial charge >= 0.3 is 0 Å². The Morgan fingerprint density at radius 1 is 0.917 bits per heavy atom. The number of hydrogen-bond acceptors (Lipinski definition) is 6. The molecule has 12 heavy (non-hydrogen) atoms. The lowest BCUT2D eigenvalue weighted by Crippen LogP contribution is -2.00. The zero-order chi connectivity index (χ0) is 8.55. The number of aromatic nitrogens is 6. The minimum atomic E-state index is 0.495. The molecule has 6 nitrogen and oxygen atoms in total. The van der Waals surface area contributed by atoms with Gasteiger partial charge in [-0.2, -0.15) is 0 Å². The first-order valence-electron chi connectivity index (χ1n) is 3.44. The van der Waals surface area contributed by atoms with E-state index in [1.54, 1.807) is 13.8 Å². The normalized spacial score (nSPS) is 10.5. The first-order valence-corrected chi connectivity index (χ1v) is 3.44. The van der Waals surface area contributed by atoms with E-state index in [1.165, 1.54) is 0 Å². The lowest BCUT2D eigenvalue weighted by Gasteiger charge is -1.95. The van der Waals surface area contributed by atoms with Gasteiger partial charge in [0, 0.05) is 0 Å². The van der Waals surface area contributed by atoms with Gasteiger partial charge in [-0.15, -0.1) is 20.4 Å². The molecule has 2 aromatic heterocycles. The molecule has 0 radical (unpaired) electrons. The van der Waals surface area contributed by atoms with Gasteiger partial charge in [-0.3, -0.25) is 0 Å². The summed E-state index contributed by atoms with van der Waals surface area (Å²) in [6, 6.07) is 0. The van der Waals surface area contributed by atoms with Gasteiger partial charge in [0.15, 0.2) is 5.52 Å². The Balaban J connectivity index is 2.86. The van der Waals surface area contributed by atoms with E-state index in [1.807, 2.05) is 0 Å². The molecule has 60 valence electrons. The van der Waals surface area contributed by atoms with Crippen molar-refractivity contribution in [1.29, 1.82) is 0 Å². The molecule has 0 amide bonds. The van der Waals surface area contributed by atoms with Crippen molar-refractivity contribution >= 4 is 11.2 Å². The van der Waals surface area contributed by atoms with Crippen LogP contribution in [0.3, 0.4) is 0 Å². The van der Waals surface area contributed by atoms with E-state index >= 15 is 0 Å². The van der Waals surface area contributed by atoms with Gasteiger partial charge in [-0.1, -0.05) is 0 Å². The highest BCUT2D eigenvalue weighted by molar-refractivity contribution is 5.69. The van der Waals surface area contributed by atoms with E-state index < -0.39 is 0 Å². The molecular weight excluding hydrogens is 156 g/mol. The maximum atomic E-state index is 4.05. The number of aryl methyl sites for hydroxylation is 2. The van der Waals surface area contributed by atoms with Crippen LogP contribution in [0.5, 0.6) is 0 Å². The maximum absolute atomic E-state index is 4.05. The minimum absolute atomic E-state index is 0.495. The van der Waals surface area contributed by atoms with Crippen LogP contribution in [-0.2, 0) is 0 Å². The smallest absolute Gasteiger partial charge is 0.207 e. The van der Waals surface area contributed by atoms with Crippen LogP contribution in [0.1, 0.15) is 11.5 Å². The average molecular weight is 162 g/mol. The predicted octanol–water partition coefficient (Wildman–Crippen LogP) is -0.173. The van der Waals surface area contributed by atoms with Gasteiger partial charge in [0.25, 0.3) is 0 Å². The van der Waals surface area contributed by atoms with Crippen LogP contribution in [0.15, 0.2) is 0 Å². The van der Waals surface area contributed by atoms with Crippen LogP contribution < -0.4 is 0 Å². The fourth-order valence-corrected chi connectivity index (χ4v) is 0.879. The molecule has 0 spiro atoms. The zero-order valence-corrected chi connectivity index (χ0v) is 6.68. The molecule has 2 heterocycles. The van der Waals surface area contributed by atoms with Crippen molar-refractivity contribution in [3.05, 3.63) is 11.5 Å². The number of hydrogen-bond donors (Lipinski definition) is 0. The second-order valence-electron chi connectivity index (χ2n) is 2.41. The molecule has 0 bridgehead atoms. The Hall–Kier alpha value is -1.72. The molecule has 0 N–H and O–H groups in total. The summed E-state index contributed by atoms with van der Waals surface area (Å²) in [6.07, 6.45) is 0. The first kappa shape index (κ1) is 6.96. The largest absolute Gasteiger partial charge is 0.208 e. The van der Waals surface area contributed by atoms with Crippen molar-refractivity contribution in [2.75, 3.05) is 0 Å². The first-order chi connectivity index (χ1) is 5.77. The Morgan fingerprint density at radius 3 is 2.58 bits per heavy atom. The van der Waals surface area contributed by atoms with Gasteiger partial charge in [0.05, 0.1) is 5.69 Å². The lowest BCUT2D eigenvalue weighted by atomic mass is 10.4. The van der Waals surface area contributed by atoms with Crippen molar-refractivity contribution in [3.8, 4) is 0 Å². The summed E-state index contributed by atoms with van der Waals surface area (Å²) in [6.45, 7) is 3.55. The fraction of sp³-hybridized carbons (Fsp3) is 0.333. The molecule has 6 heteroatoms. The van der Waals surface area contributed by atoms with E-state index in [9.17, 15) is 0 Å². The topological polar surface area (TPSA) is 77.3 Å². The molecule has 0 aliphatic carbocycles. The summed E-state index contributed by atoms with van der Waals surface area (Å²) >= 11 is 0. The van der Waals surface area contributed by atoms with E-state index in [0.29, 0.717) is 22.7 Å². The fourth-order valence-electron chi connectivity index (χ4n) is 0.879. The van der Waals surface area contributed by atoms with Gasteiger partial charge in [-0.05, 0) is 19.1 Å². The van der Waals surface area contributed by atoms with Gasteiger partial charge in [0.2, 0.25) is 5.65 Å². The monoisotopic (exact) mass is 162 g/mol. The Kier molecular flexibility index (Phi) is 1.39. The SMILES string of the molecule is Cc1nnc2c(C)nnnc2n1. The van der Waals surface area contributed by atoms with E-state index in [-0.39, 0.29) is 0 Å². The van der Waals surface area contributed by atoms with E-state index in [2.05, 4.69) is 30.6 Å². The predicted molar refractivity (Wildman–Crippen MR) is 40.2 cm³/mol. The third-order valence-corrected chi connectivity index (χ3v) is 1.45. The molecule has 0 aliphatic rings. The summed E-state index contributed by atoms with van der Waals surface area (Å²) in [5.41, 5.74) is 1.80. The van der Waals surface area contributed by atoms with Crippen LogP contribution >= 0.6 is 0 Å². The van der Waals surface area contributed by atoms with E-state index in [0.717, 1.165) is 0 Å². The number of nitrogens with zero attached hydrogens (tertiary/aromatic N) is 6. The molecule has 2 rings (SSSR count). The summed E-state index contributed by atoms with van der Waals surface area (Å²) in [5.74, 6) is 0.586. The molecule has 0 aromatic carbocycles. The standard InChI is InChI=1S/C6H6N6/c1-3-5-6(11-12-8-3)7-4(2)9-10-5/h1-2H3. The van der Waals surface area contributed by atoms with E-state index in [4.69, 9.17) is 0 Å². The number of rotatable bonds is 0. The summed E-state index contributed by atoms with van der Waals surface area (Å²) < 4.78 is 0. The Morgan fingerprint density at radius 2 is 1.75 bits per heavy atom. The second-order valence-corrected chi connectivity index (χ2v) is 2.41. The van der Waals surface area contributed by atoms with Crippen LogP contribution in [-0.4, -0.2) is 30.6 Å². The van der Waals surface area contributed by atoms with Crippen molar-refractivity contribution < 1.29 is 0 Å². The minimum Gasteiger partial charge on any atom is -0.208 e. The molecule has 0 saturated carbocycles. The quantitative estimate of drug-likeness (QED) is 0.535. The average Bonchev–Trinajstić information content (AvgIpc) is 2.04. The van der Waals surface area contributed by atoms with Gasteiger partial charge in [0.1, 0.15) is 5.82 Å². The molecule has 0 unspecified atom stereocenters. The summed E-state index contributed by atoms with van der Waals surface area (Å²) in [7, 11) is 0.